The summed E-state index contributed by atoms with van der Waals surface area (Å²) in [6, 6.07) is 7.63. The van der Waals surface area contributed by atoms with Crippen LogP contribution in [0.4, 0.5) is 0 Å². The summed E-state index contributed by atoms with van der Waals surface area (Å²) in [6.45, 7) is 1.35. The topological polar surface area (TPSA) is 30.9 Å². The Kier molecular flexibility index (Phi) is 4.11. The number of benzene rings is 1. The largest absolute Gasteiger partial charge is 0.350 e. The van der Waals surface area contributed by atoms with Crippen LogP contribution in [0.5, 0.6) is 0 Å². The Bertz CT molecular complexity index is 486. The van der Waals surface area contributed by atoms with Gasteiger partial charge in [-0.25, -0.2) is 0 Å². The highest BCUT2D eigenvalue weighted by Gasteiger charge is 2.06. The van der Waals surface area contributed by atoms with Crippen molar-refractivity contribution in [1.29, 1.82) is 0 Å². The Morgan fingerprint density at radius 3 is 2.47 bits per heavy atom. The fourth-order valence-corrected chi connectivity index (χ4v) is 2.29. The van der Waals surface area contributed by atoms with E-state index < -0.39 is 0 Å². The molecule has 4 heteroatoms. The third kappa shape index (κ3) is 3.03. The lowest BCUT2D eigenvalue weighted by Gasteiger charge is -2.07. The van der Waals surface area contributed by atoms with E-state index in [0.29, 0.717) is 23.1 Å². The molecule has 0 spiro atoms. The van der Waals surface area contributed by atoms with Crippen LogP contribution in [0.15, 0.2) is 36.7 Å². The van der Waals surface area contributed by atoms with Crippen molar-refractivity contribution in [3.8, 4) is 0 Å². The van der Waals surface area contributed by atoms with Gasteiger partial charge in [0.2, 0.25) is 0 Å². The molecule has 1 aromatic heterocycles. The summed E-state index contributed by atoms with van der Waals surface area (Å²) in [5, 5.41) is 1.40. The van der Waals surface area contributed by atoms with Gasteiger partial charge in [-0.1, -0.05) is 29.3 Å². The molecule has 0 aliphatic carbocycles. The molecule has 1 aromatic carbocycles. The van der Waals surface area contributed by atoms with Crippen LogP contribution < -0.4 is 5.73 Å². The third-order valence-electron chi connectivity index (χ3n) is 2.65. The van der Waals surface area contributed by atoms with Crippen LogP contribution >= 0.6 is 23.2 Å². The highest BCUT2D eigenvalue weighted by atomic mass is 35.5. The summed E-state index contributed by atoms with van der Waals surface area (Å²) in [7, 11) is 0. The van der Waals surface area contributed by atoms with E-state index in [9.17, 15) is 0 Å². The van der Waals surface area contributed by atoms with Gasteiger partial charge in [-0.2, -0.15) is 0 Å². The molecule has 2 N–H and O–H groups in total. The zero-order valence-corrected chi connectivity index (χ0v) is 10.9. The molecule has 0 aliphatic heterocycles. The maximum atomic E-state index is 6.13. The van der Waals surface area contributed by atoms with Gasteiger partial charge >= 0.3 is 0 Å². The summed E-state index contributed by atoms with van der Waals surface area (Å²) in [5.41, 5.74) is 7.70. The second kappa shape index (κ2) is 5.58. The van der Waals surface area contributed by atoms with Crippen LogP contribution in [-0.4, -0.2) is 11.1 Å². The van der Waals surface area contributed by atoms with Gasteiger partial charge in [-0.05, 0) is 36.7 Å². The molecule has 0 saturated carbocycles. The van der Waals surface area contributed by atoms with Gasteiger partial charge in [-0.15, -0.1) is 0 Å². The molecule has 2 nitrogen and oxygen atoms in total. The van der Waals surface area contributed by atoms with Crippen LogP contribution in [0.1, 0.15) is 11.1 Å². The van der Waals surface area contributed by atoms with Gasteiger partial charge in [0.15, 0.2) is 0 Å². The van der Waals surface area contributed by atoms with Gasteiger partial charge in [0.25, 0.3) is 0 Å². The number of hydrogen-bond acceptors (Lipinski definition) is 1. The Morgan fingerprint density at radius 2 is 1.82 bits per heavy atom. The first-order chi connectivity index (χ1) is 8.20. The van der Waals surface area contributed by atoms with Crippen molar-refractivity contribution in [1.82, 2.24) is 4.57 Å². The maximum Gasteiger partial charge on any atom is 0.0499 e. The van der Waals surface area contributed by atoms with Gasteiger partial charge in [0.1, 0.15) is 0 Å². The zero-order valence-electron chi connectivity index (χ0n) is 9.37. The molecule has 0 saturated heterocycles. The lowest BCUT2D eigenvalue weighted by molar-refractivity contribution is 0.800. The van der Waals surface area contributed by atoms with Crippen molar-refractivity contribution in [3.63, 3.8) is 0 Å². The zero-order chi connectivity index (χ0) is 12.3. The first kappa shape index (κ1) is 12.5. The van der Waals surface area contributed by atoms with E-state index in [1.807, 2.05) is 24.4 Å². The Balaban J connectivity index is 2.19. The molecule has 0 unspecified atom stereocenters. The molecular formula is C13H14Cl2N2. The summed E-state index contributed by atoms with van der Waals surface area (Å²) >= 11 is 12.3. The quantitative estimate of drug-likeness (QED) is 0.906. The Labute approximate surface area is 111 Å². The average Bonchev–Trinajstić information content (AvgIpc) is 2.72. The average molecular weight is 269 g/mol. The predicted molar refractivity (Wildman–Crippen MR) is 72.8 cm³/mol. The third-order valence-corrected chi connectivity index (χ3v) is 3.36. The minimum Gasteiger partial charge on any atom is -0.350 e. The normalized spacial score (nSPS) is 10.8. The molecule has 0 fully saturated rings. The molecule has 0 atom stereocenters. The van der Waals surface area contributed by atoms with Crippen LogP contribution in [0.2, 0.25) is 10.0 Å². The van der Waals surface area contributed by atoms with Crippen molar-refractivity contribution >= 4 is 23.2 Å². The first-order valence-corrected chi connectivity index (χ1v) is 6.24. The first-order valence-electron chi connectivity index (χ1n) is 5.48. The maximum absolute atomic E-state index is 6.13. The summed E-state index contributed by atoms with van der Waals surface area (Å²) in [6.07, 6.45) is 4.99. The van der Waals surface area contributed by atoms with E-state index >= 15 is 0 Å². The van der Waals surface area contributed by atoms with E-state index in [0.717, 1.165) is 12.0 Å². The van der Waals surface area contributed by atoms with Crippen LogP contribution in [0.25, 0.3) is 0 Å². The molecule has 17 heavy (non-hydrogen) atoms. The number of rotatable bonds is 4. The molecular weight excluding hydrogens is 255 g/mol. The van der Waals surface area contributed by atoms with Crippen molar-refractivity contribution < 1.29 is 0 Å². The van der Waals surface area contributed by atoms with E-state index in [1.165, 1.54) is 5.56 Å². The fraction of sp³-hybridized carbons (Fsp3) is 0.231. The fourth-order valence-electron chi connectivity index (χ4n) is 1.77. The van der Waals surface area contributed by atoms with Gasteiger partial charge in [0.05, 0.1) is 0 Å². The van der Waals surface area contributed by atoms with E-state index in [2.05, 4.69) is 16.8 Å². The molecule has 0 bridgehead atoms. The Morgan fingerprint density at radius 1 is 1.12 bits per heavy atom. The van der Waals surface area contributed by atoms with E-state index in [4.69, 9.17) is 28.9 Å². The van der Waals surface area contributed by atoms with Crippen molar-refractivity contribution in [2.45, 2.75) is 13.0 Å². The summed E-state index contributed by atoms with van der Waals surface area (Å²) in [4.78, 5) is 0. The minimum absolute atomic E-state index is 0.664. The van der Waals surface area contributed by atoms with E-state index in [-0.39, 0.29) is 0 Å². The van der Waals surface area contributed by atoms with Gasteiger partial charge in [-0.3, -0.25) is 0 Å². The molecule has 2 rings (SSSR count). The number of hydrogen-bond donors (Lipinski definition) is 1. The number of nitrogens with zero attached hydrogens (tertiary/aromatic N) is 1. The SMILES string of the molecule is NCCc1ccn(Cc2c(Cl)cccc2Cl)c1. The second-order valence-corrected chi connectivity index (χ2v) is 4.75. The number of halogens is 2. The smallest absolute Gasteiger partial charge is 0.0499 e. The standard InChI is InChI=1S/C13H14Cl2N2/c14-12-2-1-3-13(15)11(12)9-17-7-5-10(8-17)4-6-16/h1-3,5,7-8H,4,6,9,16H2. The summed E-state index contributed by atoms with van der Waals surface area (Å²) < 4.78 is 2.07. The molecule has 90 valence electrons. The monoisotopic (exact) mass is 268 g/mol. The minimum atomic E-state index is 0.664. The summed E-state index contributed by atoms with van der Waals surface area (Å²) in [5.74, 6) is 0. The lowest BCUT2D eigenvalue weighted by atomic mass is 10.2. The van der Waals surface area contributed by atoms with Gasteiger partial charge in [0, 0.05) is 34.5 Å². The van der Waals surface area contributed by atoms with Crippen LogP contribution in [0.3, 0.4) is 0 Å². The van der Waals surface area contributed by atoms with Crippen molar-refractivity contribution in [3.05, 3.63) is 57.8 Å². The molecule has 2 aromatic rings. The van der Waals surface area contributed by atoms with Crippen molar-refractivity contribution in [2.75, 3.05) is 6.54 Å². The number of nitrogens with two attached hydrogens (primary N) is 1. The van der Waals surface area contributed by atoms with Crippen LogP contribution in [-0.2, 0) is 13.0 Å². The Hall–Kier alpha value is -0.960. The molecule has 0 aliphatic rings. The van der Waals surface area contributed by atoms with Crippen LogP contribution in [0, 0.1) is 0 Å². The van der Waals surface area contributed by atoms with E-state index in [1.54, 1.807) is 0 Å². The second-order valence-electron chi connectivity index (χ2n) is 3.93. The van der Waals surface area contributed by atoms with Crippen molar-refractivity contribution in [2.24, 2.45) is 5.73 Å². The predicted octanol–water partition coefficient (Wildman–Crippen LogP) is 3.34. The molecule has 0 amide bonds. The molecule has 1 heterocycles. The van der Waals surface area contributed by atoms with Gasteiger partial charge < -0.3 is 10.3 Å². The number of aromatic nitrogens is 1. The lowest BCUT2D eigenvalue weighted by Crippen LogP contribution is -2.02. The molecule has 0 radical (unpaired) electrons. The highest BCUT2D eigenvalue weighted by molar-refractivity contribution is 6.35. The highest BCUT2D eigenvalue weighted by Crippen LogP contribution is 2.25.